The van der Waals surface area contributed by atoms with Crippen LogP contribution >= 0.6 is 0 Å². The first-order valence-electron chi connectivity index (χ1n) is 8.16. The van der Waals surface area contributed by atoms with Crippen molar-refractivity contribution >= 4 is 10.0 Å². The molecule has 0 aromatic rings. The van der Waals surface area contributed by atoms with E-state index in [1.807, 2.05) is 0 Å². The van der Waals surface area contributed by atoms with Crippen molar-refractivity contribution in [2.45, 2.75) is 37.8 Å². The predicted molar refractivity (Wildman–Crippen MR) is 81.7 cm³/mol. The minimum atomic E-state index is -3.19. The zero-order valence-electron chi connectivity index (χ0n) is 12.6. The molecule has 0 spiro atoms. The topological polar surface area (TPSA) is 70.7 Å². The molecule has 0 bridgehead atoms. The summed E-state index contributed by atoms with van der Waals surface area (Å²) in [6.45, 7) is 4.97. The van der Waals surface area contributed by atoms with Crippen LogP contribution in [0.25, 0.3) is 0 Å². The predicted octanol–water partition coefficient (Wildman–Crippen LogP) is -0.231. The summed E-state index contributed by atoms with van der Waals surface area (Å²) in [4.78, 5) is 2.44. The van der Waals surface area contributed by atoms with Crippen molar-refractivity contribution in [3.8, 4) is 0 Å². The number of sulfonamides is 1. The number of morpholine rings is 1. The van der Waals surface area contributed by atoms with E-state index in [2.05, 4.69) is 14.9 Å². The van der Waals surface area contributed by atoms with Gasteiger partial charge in [-0.15, -0.1) is 0 Å². The zero-order valence-corrected chi connectivity index (χ0v) is 13.4. The van der Waals surface area contributed by atoms with Gasteiger partial charge in [-0.2, -0.15) is 0 Å². The van der Waals surface area contributed by atoms with E-state index < -0.39 is 10.0 Å². The highest BCUT2D eigenvalue weighted by Gasteiger charge is 2.32. The first kappa shape index (κ1) is 15.7. The highest BCUT2D eigenvalue weighted by atomic mass is 32.2. The summed E-state index contributed by atoms with van der Waals surface area (Å²) >= 11 is 0. The van der Waals surface area contributed by atoms with E-state index >= 15 is 0 Å². The van der Waals surface area contributed by atoms with Gasteiger partial charge >= 0.3 is 0 Å². The van der Waals surface area contributed by atoms with Gasteiger partial charge < -0.3 is 10.1 Å². The molecule has 3 heterocycles. The molecule has 0 aliphatic carbocycles. The van der Waals surface area contributed by atoms with Gasteiger partial charge in [0, 0.05) is 19.1 Å². The second-order valence-electron chi connectivity index (χ2n) is 6.59. The first-order valence-corrected chi connectivity index (χ1v) is 9.81. The molecule has 6 nitrogen and oxygen atoms in total. The van der Waals surface area contributed by atoms with Crippen molar-refractivity contribution in [3.63, 3.8) is 0 Å². The molecule has 3 unspecified atom stereocenters. The van der Waals surface area contributed by atoms with Crippen molar-refractivity contribution in [1.82, 2.24) is 14.9 Å². The lowest BCUT2D eigenvalue weighted by Gasteiger charge is -2.35. The van der Waals surface area contributed by atoms with Gasteiger partial charge in [0.15, 0.2) is 0 Å². The largest absolute Gasteiger partial charge is 0.374 e. The fourth-order valence-corrected chi connectivity index (χ4v) is 5.13. The highest BCUT2D eigenvalue weighted by Crippen LogP contribution is 2.22. The second-order valence-corrected chi connectivity index (χ2v) is 8.44. The Bertz CT molecular complexity index is 437. The standard InChI is InChI=1S/C14H27N3O3S/c18-21(19,11-12-3-1-5-15-7-12)16-8-14-9-17-6-2-4-13(17)10-20-14/h12-16H,1-11H2. The third-order valence-corrected chi connectivity index (χ3v) is 6.36. The normalized spacial score (nSPS) is 34.8. The van der Waals surface area contributed by atoms with Crippen LogP contribution in [0, 0.1) is 5.92 Å². The van der Waals surface area contributed by atoms with Gasteiger partial charge in [-0.05, 0) is 51.2 Å². The lowest BCUT2D eigenvalue weighted by atomic mass is 10.0. The number of nitrogens with zero attached hydrogens (tertiary/aromatic N) is 1. The van der Waals surface area contributed by atoms with Gasteiger partial charge in [0.05, 0.1) is 18.5 Å². The van der Waals surface area contributed by atoms with E-state index in [0.717, 1.165) is 45.6 Å². The van der Waals surface area contributed by atoms with Crippen LogP contribution in [-0.4, -0.2) is 70.5 Å². The van der Waals surface area contributed by atoms with Gasteiger partial charge in [-0.3, -0.25) is 4.90 Å². The summed E-state index contributed by atoms with van der Waals surface area (Å²) in [6.07, 6.45) is 4.53. The van der Waals surface area contributed by atoms with Crippen LogP contribution in [0.15, 0.2) is 0 Å². The lowest BCUT2D eigenvalue weighted by molar-refractivity contribution is -0.0449. The highest BCUT2D eigenvalue weighted by molar-refractivity contribution is 7.89. The average Bonchev–Trinajstić information content (AvgIpc) is 2.93. The molecular formula is C14H27N3O3S. The summed E-state index contributed by atoms with van der Waals surface area (Å²) in [5.74, 6) is 0.477. The van der Waals surface area contributed by atoms with Crippen LogP contribution < -0.4 is 10.0 Å². The van der Waals surface area contributed by atoms with Crippen molar-refractivity contribution in [2.24, 2.45) is 5.92 Å². The molecule has 3 aliphatic rings. The number of hydrogen-bond donors (Lipinski definition) is 2. The Morgan fingerprint density at radius 3 is 3.00 bits per heavy atom. The second kappa shape index (κ2) is 6.91. The molecular weight excluding hydrogens is 290 g/mol. The molecule has 3 saturated heterocycles. The van der Waals surface area contributed by atoms with Crippen LogP contribution in [-0.2, 0) is 14.8 Å². The van der Waals surface area contributed by atoms with E-state index in [1.54, 1.807) is 0 Å². The number of ether oxygens (including phenoxy) is 1. The molecule has 21 heavy (non-hydrogen) atoms. The van der Waals surface area contributed by atoms with E-state index in [4.69, 9.17) is 4.74 Å². The number of hydrogen-bond acceptors (Lipinski definition) is 5. The molecule has 2 N–H and O–H groups in total. The Hall–Kier alpha value is -0.210. The van der Waals surface area contributed by atoms with Crippen LogP contribution in [0.5, 0.6) is 0 Å². The van der Waals surface area contributed by atoms with Gasteiger partial charge in [0.2, 0.25) is 10.0 Å². The molecule has 3 rings (SSSR count). The molecule has 7 heteroatoms. The van der Waals surface area contributed by atoms with E-state index in [0.29, 0.717) is 12.6 Å². The Labute approximate surface area is 127 Å². The van der Waals surface area contributed by atoms with Crippen molar-refractivity contribution in [2.75, 3.05) is 45.1 Å². The number of piperidine rings is 1. The molecule has 0 aromatic heterocycles. The summed E-state index contributed by atoms with van der Waals surface area (Å²) in [5, 5.41) is 3.26. The third kappa shape index (κ3) is 4.39. The first-order chi connectivity index (χ1) is 10.1. The summed E-state index contributed by atoms with van der Waals surface area (Å²) in [7, 11) is -3.19. The quantitative estimate of drug-likeness (QED) is 0.733. The number of rotatable bonds is 5. The van der Waals surface area contributed by atoms with Crippen LogP contribution in [0.4, 0.5) is 0 Å². The van der Waals surface area contributed by atoms with Crippen LogP contribution in [0.3, 0.4) is 0 Å². The van der Waals surface area contributed by atoms with Gasteiger partial charge in [0.1, 0.15) is 0 Å². The molecule has 3 fully saturated rings. The minimum absolute atomic E-state index is 0.00129. The summed E-state index contributed by atoms with van der Waals surface area (Å²) in [6, 6.07) is 0.561. The smallest absolute Gasteiger partial charge is 0.212 e. The number of fused-ring (bicyclic) bond motifs is 1. The maximum Gasteiger partial charge on any atom is 0.212 e. The van der Waals surface area contributed by atoms with Crippen LogP contribution in [0.2, 0.25) is 0 Å². The lowest BCUT2D eigenvalue weighted by Crippen LogP contribution is -2.50. The summed E-state index contributed by atoms with van der Waals surface area (Å²) < 4.78 is 32.9. The Balaban J connectivity index is 1.43. The average molecular weight is 317 g/mol. The fourth-order valence-electron chi connectivity index (χ4n) is 3.66. The molecule has 122 valence electrons. The van der Waals surface area contributed by atoms with E-state index in [9.17, 15) is 8.42 Å². The monoisotopic (exact) mass is 317 g/mol. The SMILES string of the molecule is O=S(=O)(CC1CCCNC1)NCC1CN2CCCC2CO1. The van der Waals surface area contributed by atoms with Crippen molar-refractivity contribution < 1.29 is 13.2 Å². The molecule has 0 aromatic carbocycles. The molecule has 3 atom stereocenters. The molecule has 0 saturated carbocycles. The molecule has 0 amide bonds. The zero-order chi connectivity index (χ0) is 14.7. The maximum atomic E-state index is 12.2. The molecule has 3 aliphatic heterocycles. The third-order valence-electron chi connectivity index (χ3n) is 4.85. The van der Waals surface area contributed by atoms with Crippen molar-refractivity contribution in [3.05, 3.63) is 0 Å². The maximum absolute atomic E-state index is 12.2. The Morgan fingerprint density at radius 2 is 2.19 bits per heavy atom. The number of nitrogens with one attached hydrogen (secondary N) is 2. The van der Waals surface area contributed by atoms with E-state index in [1.165, 1.54) is 12.8 Å². The van der Waals surface area contributed by atoms with Crippen molar-refractivity contribution in [1.29, 1.82) is 0 Å². The fraction of sp³-hybridized carbons (Fsp3) is 1.00. The van der Waals surface area contributed by atoms with Gasteiger partial charge in [-0.25, -0.2) is 13.1 Å². The van der Waals surface area contributed by atoms with Gasteiger partial charge in [0.25, 0.3) is 0 Å². The van der Waals surface area contributed by atoms with Gasteiger partial charge in [-0.1, -0.05) is 0 Å². The van der Waals surface area contributed by atoms with Crippen LogP contribution in [0.1, 0.15) is 25.7 Å². The summed E-state index contributed by atoms with van der Waals surface area (Å²) in [5.41, 5.74) is 0. The van der Waals surface area contributed by atoms with E-state index in [-0.39, 0.29) is 17.8 Å². The Kier molecular flexibility index (Phi) is 5.16. The Morgan fingerprint density at radius 1 is 1.29 bits per heavy atom. The minimum Gasteiger partial charge on any atom is -0.374 e. The molecule has 0 radical (unpaired) electrons.